The quantitative estimate of drug-likeness (QED) is 0.750. The highest BCUT2D eigenvalue weighted by molar-refractivity contribution is 6.05. The molecule has 1 N–H and O–H groups in total. The van der Waals surface area contributed by atoms with Crippen molar-refractivity contribution in [3.63, 3.8) is 0 Å². The molecule has 0 saturated carbocycles. The van der Waals surface area contributed by atoms with Crippen LogP contribution in [0.25, 0.3) is 0 Å². The first-order chi connectivity index (χ1) is 13.3. The number of aryl methyl sites for hydroxylation is 1. The summed E-state index contributed by atoms with van der Waals surface area (Å²) in [5.41, 5.74) is 5.32. The van der Waals surface area contributed by atoms with Gasteiger partial charge in [0.2, 0.25) is 5.91 Å². The van der Waals surface area contributed by atoms with Crippen LogP contribution in [0.4, 0.5) is 11.4 Å². The van der Waals surface area contributed by atoms with Gasteiger partial charge in [0.1, 0.15) is 0 Å². The van der Waals surface area contributed by atoms with Crippen molar-refractivity contribution in [2.75, 3.05) is 10.2 Å². The van der Waals surface area contributed by atoms with Gasteiger partial charge in [-0.15, -0.1) is 0 Å². The van der Waals surface area contributed by atoms with Crippen molar-refractivity contribution in [1.29, 1.82) is 0 Å². The topological polar surface area (TPSA) is 49.4 Å². The number of benzene rings is 2. The van der Waals surface area contributed by atoms with Gasteiger partial charge in [0.25, 0.3) is 0 Å². The van der Waals surface area contributed by atoms with Crippen LogP contribution in [0.15, 0.2) is 59.8 Å². The average molecular weight is 374 g/mol. The number of nitrogens with zero attached hydrogens (tertiary/aromatic N) is 1. The van der Waals surface area contributed by atoms with Crippen LogP contribution in [0, 0.1) is 12.3 Å². The number of fused-ring (bicyclic) bond motifs is 1. The molecular weight excluding hydrogens is 348 g/mol. The van der Waals surface area contributed by atoms with Gasteiger partial charge in [-0.1, -0.05) is 55.8 Å². The minimum atomic E-state index is -0.423. The van der Waals surface area contributed by atoms with Crippen LogP contribution in [-0.2, 0) is 9.59 Å². The fraction of sp³-hybridized carbons (Fsp3) is 0.333. The van der Waals surface area contributed by atoms with Gasteiger partial charge >= 0.3 is 0 Å². The molecule has 4 rings (SSSR count). The third kappa shape index (κ3) is 3.13. The first-order valence-corrected chi connectivity index (χ1v) is 9.75. The number of hydrogen-bond acceptors (Lipinski definition) is 3. The number of nitrogens with one attached hydrogen (secondary N) is 1. The third-order valence-corrected chi connectivity index (χ3v) is 5.63. The van der Waals surface area contributed by atoms with E-state index in [1.807, 2.05) is 55.5 Å². The van der Waals surface area contributed by atoms with E-state index in [1.165, 1.54) is 0 Å². The van der Waals surface area contributed by atoms with Crippen molar-refractivity contribution in [3.05, 3.63) is 70.9 Å². The monoisotopic (exact) mass is 374 g/mol. The fourth-order valence-corrected chi connectivity index (χ4v) is 4.40. The molecule has 0 bridgehead atoms. The van der Waals surface area contributed by atoms with Crippen LogP contribution in [0.3, 0.4) is 0 Å². The number of para-hydroxylation sites is 2. The van der Waals surface area contributed by atoms with Crippen molar-refractivity contribution in [1.82, 2.24) is 0 Å². The molecule has 1 atom stereocenters. The Morgan fingerprint density at radius 1 is 1.07 bits per heavy atom. The summed E-state index contributed by atoms with van der Waals surface area (Å²) in [5.74, 6) is 0.0367. The van der Waals surface area contributed by atoms with Crippen LogP contribution >= 0.6 is 0 Å². The molecule has 28 heavy (non-hydrogen) atoms. The summed E-state index contributed by atoms with van der Waals surface area (Å²) in [7, 11) is 0. The van der Waals surface area contributed by atoms with Crippen molar-refractivity contribution in [2.45, 2.75) is 46.6 Å². The molecule has 0 spiro atoms. The maximum atomic E-state index is 13.3. The summed E-state index contributed by atoms with van der Waals surface area (Å²) in [6.07, 6.45) is 1.26. The number of rotatable bonds is 1. The van der Waals surface area contributed by atoms with Gasteiger partial charge in [-0.25, -0.2) is 0 Å². The number of ketones is 1. The molecule has 1 heterocycles. The van der Waals surface area contributed by atoms with E-state index in [9.17, 15) is 9.59 Å². The summed E-state index contributed by atoms with van der Waals surface area (Å²) in [6.45, 7) is 7.85. The fourth-order valence-electron chi connectivity index (χ4n) is 4.40. The summed E-state index contributed by atoms with van der Waals surface area (Å²) in [4.78, 5) is 27.9. The van der Waals surface area contributed by atoms with E-state index in [0.717, 1.165) is 40.2 Å². The van der Waals surface area contributed by atoms with Crippen LogP contribution in [0.2, 0.25) is 0 Å². The normalized spacial score (nSPS) is 20.8. The predicted molar refractivity (Wildman–Crippen MR) is 112 cm³/mol. The molecule has 0 radical (unpaired) electrons. The molecular formula is C24H26N2O2. The Morgan fingerprint density at radius 3 is 2.43 bits per heavy atom. The highest BCUT2D eigenvalue weighted by Crippen LogP contribution is 2.48. The lowest BCUT2D eigenvalue weighted by Gasteiger charge is -2.36. The standard InChI is InChI=1S/C24H26N2O2/c1-15-9-11-17(12-10-15)23-22-19(13-24(3,4)14-21(22)28)25-18-7-5-6-8-20(18)26(23)16(2)27/h5-12,23,25H,13-14H2,1-4H3. The summed E-state index contributed by atoms with van der Waals surface area (Å²) in [5, 5.41) is 3.51. The Bertz CT molecular complexity index is 986. The number of anilines is 2. The zero-order valence-electron chi connectivity index (χ0n) is 16.9. The molecule has 1 aliphatic heterocycles. The molecule has 2 aliphatic rings. The Balaban J connectivity index is 2.00. The first-order valence-electron chi connectivity index (χ1n) is 9.75. The zero-order valence-corrected chi connectivity index (χ0v) is 16.9. The summed E-state index contributed by atoms with van der Waals surface area (Å²) in [6, 6.07) is 15.5. The second-order valence-electron chi connectivity index (χ2n) is 8.68. The number of amides is 1. The van der Waals surface area contributed by atoms with Crippen molar-refractivity contribution >= 4 is 23.1 Å². The molecule has 1 amide bonds. The minimum absolute atomic E-state index is 0.0776. The lowest BCUT2D eigenvalue weighted by molar-refractivity contribution is -0.118. The molecule has 0 aromatic heterocycles. The van der Waals surface area contributed by atoms with Crippen molar-refractivity contribution in [2.24, 2.45) is 5.41 Å². The van der Waals surface area contributed by atoms with Crippen LogP contribution < -0.4 is 10.2 Å². The van der Waals surface area contributed by atoms with Gasteiger partial charge in [0.05, 0.1) is 17.4 Å². The lowest BCUT2D eigenvalue weighted by Crippen LogP contribution is -2.38. The molecule has 0 fully saturated rings. The molecule has 1 aliphatic carbocycles. The maximum absolute atomic E-state index is 13.3. The molecule has 1 unspecified atom stereocenters. The van der Waals surface area contributed by atoms with Gasteiger partial charge in [-0.2, -0.15) is 0 Å². The van der Waals surface area contributed by atoms with E-state index in [-0.39, 0.29) is 17.1 Å². The average Bonchev–Trinajstić information content (AvgIpc) is 2.75. The van der Waals surface area contributed by atoms with Crippen molar-refractivity contribution in [3.8, 4) is 0 Å². The first kappa shape index (κ1) is 18.5. The minimum Gasteiger partial charge on any atom is -0.357 e. The largest absolute Gasteiger partial charge is 0.357 e. The molecule has 0 saturated heterocycles. The van der Waals surface area contributed by atoms with E-state index >= 15 is 0 Å². The van der Waals surface area contributed by atoms with Gasteiger partial charge in [-0.05, 0) is 36.5 Å². The van der Waals surface area contributed by atoms with Gasteiger partial charge in [-0.3, -0.25) is 14.5 Å². The molecule has 4 nitrogen and oxygen atoms in total. The Kier molecular flexibility index (Phi) is 4.37. The van der Waals surface area contributed by atoms with E-state index < -0.39 is 6.04 Å². The predicted octanol–water partition coefficient (Wildman–Crippen LogP) is 5.16. The number of carbonyl (C=O) groups excluding carboxylic acids is 2. The lowest BCUT2D eigenvalue weighted by atomic mass is 9.73. The number of carbonyl (C=O) groups is 2. The second kappa shape index (κ2) is 6.62. The molecule has 2 aromatic rings. The van der Waals surface area contributed by atoms with E-state index in [0.29, 0.717) is 6.42 Å². The Morgan fingerprint density at radius 2 is 1.75 bits per heavy atom. The zero-order chi connectivity index (χ0) is 20.1. The van der Waals surface area contributed by atoms with Crippen LogP contribution in [0.1, 0.15) is 50.8 Å². The Hall–Kier alpha value is -2.88. The van der Waals surface area contributed by atoms with Gasteiger partial charge < -0.3 is 5.32 Å². The van der Waals surface area contributed by atoms with Crippen LogP contribution in [-0.4, -0.2) is 11.7 Å². The SMILES string of the molecule is CC(=O)N1c2ccccc2NC2=C(C(=O)CC(C)(C)C2)C1c1ccc(C)cc1. The second-order valence-corrected chi connectivity index (χ2v) is 8.68. The van der Waals surface area contributed by atoms with Gasteiger partial charge in [0, 0.05) is 24.6 Å². The summed E-state index contributed by atoms with van der Waals surface area (Å²) < 4.78 is 0. The molecule has 144 valence electrons. The van der Waals surface area contributed by atoms with E-state index in [4.69, 9.17) is 0 Å². The highest BCUT2D eigenvalue weighted by Gasteiger charge is 2.42. The van der Waals surface area contributed by atoms with E-state index in [2.05, 4.69) is 19.2 Å². The molecule has 2 aromatic carbocycles. The highest BCUT2D eigenvalue weighted by atomic mass is 16.2. The van der Waals surface area contributed by atoms with Crippen molar-refractivity contribution < 1.29 is 9.59 Å². The number of Topliss-reactive ketones (excluding diaryl/α,β-unsaturated/α-hetero) is 1. The molecule has 4 heteroatoms. The Labute approximate surface area is 166 Å². The van der Waals surface area contributed by atoms with E-state index in [1.54, 1.807) is 11.8 Å². The maximum Gasteiger partial charge on any atom is 0.224 e. The number of hydrogen-bond donors (Lipinski definition) is 1. The van der Waals surface area contributed by atoms with Gasteiger partial charge in [0.15, 0.2) is 5.78 Å². The number of allylic oxidation sites excluding steroid dienone is 1. The smallest absolute Gasteiger partial charge is 0.224 e. The van der Waals surface area contributed by atoms with Crippen LogP contribution in [0.5, 0.6) is 0 Å². The third-order valence-electron chi connectivity index (χ3n) is 5.63. The summed E-state index contributed by atoms with van der Waals surface area (Å²) >= 11 is 0.